The molecule has 0 aliphatic heterocycles. The van der Waals surface area contributed by atoms with E-state index in [4.69, 9.17) is 19.9 Å². The van der Waals surface area contributed by atoms with Crippen LogP contribution in [0.4, 0.5) is 0 Å². The molecule has 1 aromatic carbocycles. The number of halogens is 2. The zero-order chi connectivity index (χ0) is 33.8. The molecule has 0 saturated carbocycles. The van der Waals surface area contributed by atoms with Crippen LogP contribution in [0.5, 0.6) is 11.5 Å². The summed E-state index contributed by atoms with van der Waals surface area (Å²) in [5, 5.41) is 17.1. The van der Waals surface area contributed by atoms with Gasteiger partial charge < -0.3 is 40.6 Å². The van der Waals surface area contributed by atoms with Gasteiger partial charge in [-0.15, -0.1) is 24.8 Å². The van der Waals surface area contributed by atoms with Crippen molar-refractivity contribution in [1.29, 1.82) is 0 Å². The summed E-state index contributed by atoms with van der Waals surface area (Å²) in [5.74, 6) is 0.913. The summed E-state index contributed by atoms with van der Waals surface area (Å²) in [4.78, 5) is 28.3. The molecule has 0 bridgehead atoms. The number of amides is 2. The Balaban J connectivity index is 0. The minimum atomic E-state index is -0.824. The minimum absolute atomic E-state index is 0. The van der Waals surface area contributed by atoms with E-state index in [1.54, 1.807) is 25.3 Å². The maximum atomic E-state index is 13.4. The minimum Gasteiger partial charge on any atom is -0.493 e. The highest BCUT2D eigenvalue weighted by molar-refractivity contribution is 5.97. The topological polar surface area (TPSA) is 135 Å². The number of carbonyl (C=O) groups is 2. The highest BCUT2D eigenvalue weighted by atomic mass is 35.5. The quantitative estimate of drug-likeness (QED) is 0.100. The van der Waals surface area contributed by atoms with Crippen molar-refractivity contribution < 1.29 is 28.9 Å². The number of aliphatic hydroxyl groups excluding tert-OH is 1. The van der Waals surface area contributed by atoms with Gasteiger partial charge in [0.05, 0.1) is 24.9 Å². The third-order valence-corrected chi connectivity index (χ3v) is 8.22. The van der Waals surface area contributed by atoms with Crippen LogP contribution in [0.2, 0.25) is 0 Å². The number of nitrogens with one attached hydrogen (secondary N) is 2. The van der Waals surface area contributed by atoms with E-state index < -0.39 is 12.1 Å². The number of unbranched alkanes of at least 4 members (excludes halogenated alkanes) is 2. The van der Waals surface area contributed by atoms with Crippen LogP contribution in [0.25, 0.3) is 0 Å². The maximum absolute atomic E-state index is 13.4. The lowest BCUT2D eigenvalue weighted by Crippen LogP contribution is -2.44. The molecule has 0 aliphatic rings. The van der Waals surface area contributed by atoms with E-state index >= 15 is 0 Å². The van der Waals surface area contributed by atoms with Crippen molar-refractivity contribution in [2.45, 2.75) is 91.7 Å². The number of hydrogen-bond donors (Lipinski definition) is 4. The van der Waals surface area contributed by atoms with Crippen LogP contribution < -0.4 is 25.8 Å². The van der Waals surface area contributed by atoms with Gasteiger partial charge in [0.25, 0.3) is 5.91 Å². The lowest BCUT2D eigenvalue weighted by molar-refractivity contribution is -0.127. The first-order valence-corrected chi connectivity index (χ1v) is 16.9. The van der Waals surface area contributed by atoms with Crippen molar-refractivity contribution in [3.05, 3.63) is 23.8 Å². The summed E-state index contributed by atoms with van der Waals surface area (Å²) >= 11 is 0. The molecule has 0 aromatic heterocycles. The molecule has 5 N–H and O–H groups in total. The maximum Gasteiger partial charge on any atom is 0.255 e. The standard InChI is InChI=1S/C35H64N4O6.2ClH/c1-9-10-16-37-35(42)30(26(4)5)23-32(40)31(36)21-27(25(2)3)24-38-34(41)29-15-14-28(44-20-13-17-39(6)7)22-33(29)45-19-12-11-18-43-8;;/h14-15,22,25-27,30-32,40H,9-13,16-21,23-24,36H2,1-8H3,(H,37,42)(H,38,41);2*1H. The van der Waals surface area contributed by atoms with E-state index in [2.05, 4.69) is 36.3 Å². The Morgan fingerprint density at radius 3 is 2.17 bits per heavy atom. The summed E-state index contributed by atoms with van der Waals surface area (Å²) < 4.78 is 17.1. The first kappa shape index (κ1) is 47.3. The van der Waals surface area contributed by atoms with Gasteiger partial charge in [-0.2, -0.15) is 0 Å². The normalized spacial score (nSPS) is 13.7. The summed E-state index contributed by atoms with van der Waals surface area (Å²) in [6.45, 7) is 13.9. The van der Waals surface area contributed by atoms with Crippen molar-refractivity contribution in [1.82, 2.24) is 15.5 Å². The molecule has 12 heteroatoms. The van der Waals surface area contributed by atoms with E-state index in [-0.39, 0.29) is 60.3 Å². The summed E-state index contributed by atoms with van der Waals surface area (Å²) in [6, 6.07) is 4.82. The number of aliphatic hydroxyl groups is 1. The molecule has 0 fully saturated rings. The zero-order valence-electron chi connectivity index (χ0n) is 30.2. The first-order valence-electron chi connectivity index (χ1n) is 16.9. The molecule has 1 aromatic rings. The second-order valence-electron chi connectivity index (χ2n) is 13.1. The number of rotatable bonds is 25. The summed E-state index contributed by atoms with van der Waals surface area (Å²) in [6.07, 6.45) is 4.49. The second kappa shape index (κ2) is 27.1. The first-order chi connectivity index (χ1) is 21.4. The third-order valence-electron chi connectivity index (χ3n) is 8.22. The molecule has 0 radical (unpaired) electrons. The highest BCUT2D eigenvalue weighted by Crippen LogP contribution is 2.27. The van der Waals surface area contributed by atoms with Crippen LogP contribution in [0, 0.1) is 23.7 Å². The van der Waals surface area contributed by atoms with Gasteiger partial charge in [-0.3, -0.25) is 9.59 Å². The van der Waals surface area contributed by atoms with Crippen LogP contribution in [0.15, 0.2) is 18.2 Å². The van der Waals surface area contributed by atoms with Crippen molar-refractivity contribution in [2.75, 3.05) is 60.7 Å². The monoisotopic (exact) mass is 708 g/mol. The van der Waals surface area contributed by atoms with Gasteiger partial charge in [-0.05, 0) is 82.5 Å². The molecule has 4 unspecified atom stereocenters. The molecule has 0 spiro atoms. The Kier molecular flexibility index (Phi) is 27.2. The molecule has 0 saturated heterocycles. The average Bonchev–Trinajstić information content (AvgIpc) is 2.99. The number of hydrogen-bond acceptors (Lipinski definition) is 8. The molecule has 10 nitrogen and oxygen atoms in total. The van der Waals surface area contributed by atoms with E-state index in [0.29, 0.717) is 62.8 Å². The van der Waals surface area contributed by atoms with Crippen LogP contribution in [0.3, 0.4) is 0 Å². The number of carbonyl (C=O) groups excluding carboxylic acids is 2. The van der Waals surface area contributed by atoms with Crippen molar-refractivity contribution in [2.24, 2.45) is 29.4 Å². The molecule has 0 aliphatic carbocycles. The predicted molar refractivity (Wildman–Crippen MR) is 196 cm³/mol. The van der Waals surface area contributed by atoms with Crippen LogP contribution in [0.1, 0.15) is 89.9 Å². The molecule has 276 valence electrons. The van der Waals surface area contributed by atoms with Gasteiger partial charge >= 0.3 is 0 Å². The Bertz CT molecular complexity index is 970. The SMILES string of the molecule is CCCCNC(=O)C(CC(O)C(N)CC(CNC(=O)c1ccc(OCCCN(C)C)cc1OCCCCOC)C(C)C)C(C)C.Cl.Cl. The molecule has 47 heavy (non-hydrogen) atoms. The van der Waals surface area contributed by atoms with Gasteiger partial charge in [-0.1, -0.05) is 41.0 Å². The van der Waals surface area contributed by atoms with E-state index in [1.807, 2.05) is 27.9 Å². The average molecular weight is 710 g/mol. The second-order valence-corrected chi connectivity index (χ2v) is 13.1. The fraction of sp³-hybridized carbons (Fsp3) is 0.771. The van der Waals surface area contributed by atoms with Crippen molar-refractivity contribution in [3.63, 3.8) is 0 Å². The Labute approximate surface area is 297 Å². The van der Waals surface area contributed by atoms with Gasteiger partial charge in [-0.25, -0.2) is 0 Å². The molecular weight excluding hydrogens is 643 g/mol. The van der Waals surface area contributed by atoms with Crippen molar-refractivity contribution in [3.8, 4) is 11.5 Å². The lowest BCUT2D eigenvalue weighted by Gasteiger charge is -2.30. The van der Waals surface area contributed by atoms with Gasteiger partial charge in [0, 0.05) is 51.4 Å². The van der Waals surface area contributed by atoms with Gasteiger partial charge in [0.2, 0.25) is 5.91 Å². The predicted octanol–water partition coefficient (Wildman–Crippen LogP) is 5.33. The van der Waals surface area contributed by atoms with E-state index in [1.165, 1.54) is 0 Å². The largest absolute Gasteiger partial charge is 0.493 e. The molecule has 4 atom stereocenters. The molecule has 2 amide bonds. The number of benzene rings is 1. The zero-order valence-corrected chi connectivity index (χ0v) is 31.9. The summed E-state index contributed by atoms with van der Waals surface area (Å²) in [7, 11) is 5.73. The van der Waals surface area contributed by atoms with Crippen molar-refractivity contribution >= 4 is 36.6 Å². The smallest absolute Gasteiger partial charge is 0.255 e. The Morgan fingerprint density at radius 1 is 0.915 bits per heavy atom. The Hall–Kier alpha value is -1.82. The molecular formula is C35H66Cl2N4O6. The summed E-state index contributed by atoms with van der Waals surface area (Å²) in [5.41, 5.74) is 6.95. The molecule has 1 rings (SSSR count). The fourth-order valence-electron chi connectivity index (χ4n) is 5.05. The Morgan fingerprint density at radius 2 is 1.57 bits per heavy atom. The van der Waals surface area contributed by atoms with E-state index in [9.17, 15) is 14.7 Å². The van der Waals surface area contributed by atoms with Crippen LogP contribution in [-0.2, 0) is 9.53 Å². The lowest BCUT2D eigenvalue weighted by atomic mass is 9.83. The number of ether oxygens (including phenoxy) is 3. The van der Waals surface area contributed by atoms with Crippen LogP contribution >= 0.6 is 24.8 Å². The van der Waals surface area contributed by atoms with Gasteiger partial charge in [0.15, 0.2) is 0 Å². The third kappa shape index (κ3) is 19.7. The fourth-order valence-corrected chi connectivity index (χ4v) is 5.05. The number of nitrogens with two attached hydrogens (primary N) is 1. The van der Waals surface area contributed by atoms with Gasteiger partial charge in [0.1, 0.15) is 11.5 Å². The van der Waals surface area contributed by atoms with Crippen LogP contribution in [-0.4, -0.2) is 94.6 Å². The molecule has 0 heterocycles. The number of nitrogens with zero attached hydrogens (tertiary/aromatic N) is 1. The van der Waals surface area contributed by atoms with E-state index in [0.717, 1.165) is 38.6 Å². The highest BCUT2D eigenvalue weighted by Gasteiger charge is 2.30. The number of methoxy groups -OCH3 is 1.